The fourth-order valence-electron chi connectivity index (χ4n) is 1.57. The number of aromatic nitrogens is 1. The molecule has 0 aliphatic heterocycles. The van der Waals surface area contributed by atoms with Crippen LogP contribution in [0.4, 0.5) is 5.13 Å². The maximum Gasteiger partial charge on any atom is 0.258 e. The Morgan fingerprint density at radius 3 is 2.84 bits per heavy atom. The Bertz CT molecular complexity index is 583. The summed E-state index contributed by atoms with van der Waals surface area (Å²) >= 11 is 4.80. The highest BCUT2D eigenvalue weighted by molar-refractivity contribution is 9.10. The van der Waals surface area contributed by atoms with E-state index in [9.17, 15) is 4.79 Å². The van der Waals surface area contributed by atoms with Gasteiger partial charge in [-0.05, 0) is 42.2 Å². The molecule has 1 N–H and O–H groups in total. The van der Waals surface area contributed by atoms with Crippen LogP contribution in [0, 0.1) is 0 Å². The van der Waals surface area contributed by atoms with E-state index < -0.39 is 0 Å². The number of anilines is 1. The molecule has 0 fully saturated rings. The second kappa shape index (κ2) is 6.27. The number of thiazole rings is 1. The van der Waals surface area contributed by atoms with Gasteiger partial charge in [-0.1, -0.05) is 12.1 Å². The average molecular weight is 340 g/mol. The number of halogens is 1. The van der Waals surface area contributed by atoms with Gasteiger partial charge in [0.15, 0.2) is 5.13 Å². The van der Waals surface area contributed by atoms with Gasteiger partial charge in [0.1, 0.15) is 0 Å². The molecule has 0 aliphatic carbocycles. The zero-order valence-electron chi connectivity index (χ0n) is 10.7. The molecule has 1 heterocycles. The lowest BCUT2D eigenvalue weighted by Gasteiger charge is -2.06. The normalized spacial score (nSPS) is 10.7. The maximum absolute atomic E-state index is 12.1. The number of carbonyl (C=O) groups is 1. The SMILES string of the molecule is CN(C)Cc1csc(NC(=O)c2ccccc2Br)n1. The van der Waals surface area contributed by atoms with E-state index in [2.05, 4.69) is 26.2 Å². The van der Waals surface area contributed by atoms with Crippen LogP contribution >= 0.6 is 27.3 Å². The monoisotopic (exact) mass is 339 g/mol. The fourth-order valence-corrected chi connectivity index (χ4v) is 2.73. The largest absolute Gasteiger partial charge is 0.304 e. The number of nitrogens with one attached hydrogen (secondary N) is 1. The van der Waals surface area contributed by atoms with Crippen LogP contribution in [0.5, 0.6) is 0 Å². The third kappa shape index (κ3) is 3.86. The smallest absolute Gasteiger partial charge is 0.258 e. The molecule has 19 heavy (non-hydrogen) atoms. The summed E-state index contributed by atoms with van der Waals surface area (Å²) < 4.78 is 0.776. The Labute approximate surface area is 124 Å². The molecule has 1 amide bonds. The highest BCUT2D eigenvalue weighted by atomic mass is 79.9. The fraction of sp³-hybridized carbons (Fsp3) is 0.231. The highest BCUT2D eigenvalue weighted by Crippen LogP contribution is 2.20. The van der Waals surface area contributed by atoms with Gasteiger partial charge in [-0.3, -0.25) is 10.1 Å². The number of benzene rings is 1. The number of carbonyl (C=O) groups excluding carboxylic acids is 1. The van der Waals surface area contributed by atoms with Crippen LogP contribution in [-0.4, -0.2) is 29.9 Å². The van der Waals surface area contributed by atoms with Crippen LogP contribution in [0.1, 0.15) is 16.1 Å². The zero-order chi connectivity index (χ0) is 13.8. The predicted octanol–water partition coefficient (Wildman–Crippen LogP) is 3.22. The van der Waals surface area contributed by atoms with Crippen molar-refractivity contribution in [1.82, 2.24) is 9.88 Å². The first-order valence-electron chi connectivity index (χ1n) is 5.71. The van der Waals surface area contributed by atoms with Crippen molar-refractivity contribution in [3.05, 3.63) is 45.4 Å². The Balaban J connectivity index is 2.07. The summed E-state index contributed by atoms with van der Waals surface area (Å²) in [6.07, 6.45) is 0. The lowest BCUT2D eigenvalue weighted by molar-refractivity contribution is 0.102. The number of nitrogens with zero attached hydrogens (tertiary/aromatic N) is 2. The van der Waals surface area contributed by atoms with Crippen LogP contribution in [-0.2, 0) is 6.54 Å². The molecule has 1 aromatic heterocycles. The summed E-state index contributed by atoms with van der Waals surface area (Å²) in [7, 11) is 3.97. The van der Waals surface area contributed by atoms with Crippen LogP contribution < -0.4 is 5.32 Å². The lowest BCUT2D eigenvalue weighted by atomic mass is 10.2. The molecule has 0 aliphatic rings. The summed E-state index contributed by atoms with van der Waals surface area (Å²) in [6, 6.07) is 7.32. The Hall–Kier alpha value is -1.24. The van der Waals surface area contributed by atoms with Crippen molar-refractivity contribution < 1.29 is 4.79 Å². The molecular formula is C13H14BrN3OS. The Kier molecular flexibility index (Phi) is 4.68. The van der Waals surface area contributed by atoms with Gasteiger partial charge in [-0.2, -0.15) is 0 Å². The van der Waals surface area contributed by atoms with E-state index in [4.69, 9.17) is 0 Å². The van der Waals surface area contributed by atoms with E-state index in [0.29, 0.717) is 10.7 Å². The minimum atomic E-state index is -0.154. The van der Waals surface area contributed by atoms with Crippen molar-refractivity contribution in [3.8, 4) is 0 Å². The number of amides is 1. The molecule has 1 aromatic carbocycles. The van der Waals surface area contributed by atoms with E-state index in [0.717, 1.165) is 16.7 Å². The summed E-state index contributed by atoms with van der Waals surface area (Å²) in [5.74, 6) is -0.154. The summed E-state index contributed by atoms with van der Waals surface area (Å²) in [4.78, 5) is 18.5. The van der Waals surface area contributed by atoms with Gasteiger partial charge in [-0.25, -0.2) is 4.98 Å². The third-order valence-electron chi connectivity index (χ3n) is 2.37. The van der Waals surface area contributed by atoms with Crippen LogP contribution in [0.15, 0.2) is 34.1 Å². The molecule has 100 valence electrons. The summed E-state index contributed by atoms with van der Waals surface area (Å²) in [5.41, 5.74) is 1.56. The van der Waals surface area contributed by atoms with Gasteiger partial charge >= 0.3 is 0 Å². The first-order valence-corrected chi connectivity index (χ1v) is 7.38. The second-order valence-electron chi connectivity index (χ2n) is 4.32. The molecule has 2 aromatic rings. The molecule has 6 heteroatoms. The molecule has 0 bridgehead atoms. The van der Waals surface area contributed by atoms with Crippen LogP contribution in [0.3, 0.4) is 0 Å². The lowest BCUT2D eigenvalue weighted by Crippen LogP contribution is -2.13. The molecule has 2 rings (SSSR count). The van der Waals surface area contributed by atoms with E-state index in [1.165, 1.54) is 11.3 Å². The van der Waals surface area contributed by atoms with E-state index in [1.807, 2.05) is 42.6 Å². The van der Waals surface area contributed by atoms with Crippen LogP contribution in [0.2, 0.25) is 0 Å². The van der Waals surface area contributed by atoms with Gasteiger partial charge in [0.05, 0.1) is 11.3 Å². The third-order valence-corrected chi connectivity index (χ3v) is 3.87. The zero-order valence-corrected chi connectivity index (χ0v) is 13.1. The minimum Gasteiger partial charge on any atom is -0.304 e. The first-order chi connectivity index (χ1) is 9.06. The Morgan fingerprint density at radius 1 is 1.42 bits per heavy atom. The minimum absolute atomic E-state index is 0.154. The van der Waals surface area contributed by atoms with Crippen molar-refractivity contribution in [2.75, 3.05) is 19.4 Å². The number of rotatable bonds is 4. The van der Waals surface area contributed by atoms with Gasteiger partial charge in [0.25, 0.3) is 5.91 Å². The topological polar surface area (TPSA) is 45.2 Å². The molecule has 0 spiro atoms. The number of hydrogen-bond donors (Lipinski definition) is 1. The molecular weight excluding hydrogens is 326 g/mol. The molecule has 0 radical (unpaired) electrons. The Morgan fingerprint density at radius 2 is 2.16 bits per heavy atom. The van der Waals surface area contributed by atoms with E-state index >= 15 is 0 Å². The van der Waals surface area contributed by atoms with Crippen molar-refractivity contribution in [3.63, 3.8) is 0 Å². The highest BCUT2D eigenvalue weighted by Gasteiger charge is 2.11. The standard InChI is InChI=1S/C13H14BrN3OS/c1-17(2)7-9-8-19-13(15-9)16-12(18)10-5-3-4-6-11(10)14/h3-6,8H,7H2,1-2H3,(H,15,16,18). The second-order valence-corrected chi connectivity index (χ2v) is 6.03. The number of hydrogen-bond acceptors (Lipinski definition) is 4. The van der Waals surface area contributed by atoms with Gasteiger partial charge in [0, 0.05) is 16.4 Å². The molecule has 0 saturated carbocycles. The van der Waals surface area contributed by atoms with E-state index in [1.54, 1.807) is 6.07 Å². The quantitative estimate of drug-likeness (QED) is 0.930. The summed E-state index contributed by atoms with van der Waals surface area (Å²) in [6.45, 7) is 0.765. The van der Waals surface area contributed by atoms with Gasteiger partial charge in [0.2, 0.25) is 0 Å². The molecule has 0 atom stereocenters. The predicted molar refractivity (Wildman–Crippen MR) is 81.6 cm³/mol. The molecule has 4 nitrogen and oxygen atoms in total. The van der Waals surface area contributed by atoms with Crippen molar-refractivity contribution in [1.29, 1.82) is 0 Å². The van der Waals surface area contributed by atoms with Crippen molar-refractivity contribution in [2.24, 2.45) is 0 Å². The van der Waals surface area contributed by atoms with Crippen molar-refractivity contribution >= 4 is 38.3 Å². The van der Waals surface area contributed by atoms with Gasteiger partial charge in [-0.15, -0.1) is 11.3 Å². The van der Waals surface area contributed by atoms with Crippen molar-refractivity contribution in [2.45, 2.75) is 6.54 Å². The first kappa shape index (κ1) is 14.2. The van der Waals surface area contributed by atoms with Crippen LogP contribution in [0.25, 0.3) is 0 Å². The molecule has 0 saturated heterocycles. The average Bonchev–Trinajstić information content (AvgIpc) is 2.76. The summed E-state index contributed by atoms with van der Waals surface area (Å²) in [5, 5.41) is 5.39. The van der Waals surface area contributed by atoms with E-state index in [-0.39, 0.29) is 5.91 Å². The molecule has 0 unspecified atom stereocenters. The maximum atomic E-state index is 12.1. The van der Waals surface area contributed by atoms with Gasteiger partial charge < -0.3 is 4.90 Å².